The van der Waals surface area contributed by atoms with Gasteiger partial charge in [-0.1, -0.05) is 54.6 Å². The molecule has 1 aliphatic heterocycles. The van der Waals surface area contributed by atoms with E-state index < -0.39 is 0 Å². The molecule has 1 heterocycles. The normalized spacial score (nSPS) is 25.1. The first-order valence-corrected chi connectivity index (χ1v) is 8.98. The Labute approximate surface area is 150 Å². The van der Waals surface area contributed by atoms with Gasteiger partial charge in [-0.05, 0) is 42.0 Å². The molecule has 25 heavy (non-hydrogen) atoms. The van der Waals surface area contributed by atoms with E-state index in [0.717, 1.165) is 25.1 Å². The molecule has 0 aliphatic carbocycles. The van der Waals surface area contributed by atoms with Gasteiger partial charge in [0.15, 0.2) is 0 Å². The number of hydrogen-bond acceptors (Lipinski definition) is 3. The minimum absolute atomic E-state index is 0.149. The van der Waals surface area contributed by atoms with Gasteiger partial charge in [0.25, 0.3) is 0 Å². The Morgan fingerprint density at radius 1 is 1.08 bits per heavy atom. The van der Waals surface area contributed by atoms with Gasteiger partial charge in [0.05, 0.1) is 0 Å². The highest BCUT2D eigenvalue weighted by atomic mass is 15.0. The third-order valence-electron chi connectivity index (χ3n) is 5.02. The number of aliphatic imine (C=N–C) groups is 1. The summed E-state index contributed by atoms with van der Waals surface area (Å²) in [5.41, 5.74) is 11.6. The number of nitrogens with zero attached hydrogens (tertiary/aromatic N) is 1. The predicted octanol–water partition coefficient (Wildman–Crippen LogP) is 4.16. The number of nitrogens with one attached hydrogen (secondary N) is 1. The lowest BCUT2D eigenvalue weighted by molar-refractivity contribution is 0.451. The molecule has 0 fully saturated rings. The van der Waals surface area contributed by atoms with Crippen molar-refractivity contribution in [2.24, 2.45) is 16.6 Å². The first-order chi connectivity index (χ1) is 12.2. The fourth-order valence-corrected chi connectivity index (χ4v) is 3.45. The Kier molecular flexibility index (Phi) is 5.67. The van der Waals surface area contributed by atoms with E-state index in [9.17, 15) is 0 Å². The van der Waals surface area contributed by atoms with Crippen LogP contribution in [0.3, 0.4) is 0 Å². The summed E-state index contributed by atoms with van der Waals surface area (Å²) < 4.78 is 0. The average molecular weight is 333 g/mol. The van der Waals surface area contributed by atoms with Gasteiger partial charge in [0.1, 0.15) is 5.84 Å². The molecule has 0 aromatic heterocycles. The fourth-order valence-electron chi connectivity index (χ4n) is 3.45. The molecule has 0 radical (unpaired) electrons. The molecule has 3 nitrogen and oxygen atoms in total. The zero-order valence-electron chi connectivity index (χ0n) is 15.1. The Hall–Kier alpha value is -2.39. The summed E-state index contributed by atoms with van der Waals surface area (Å²) in [6.45, 7) is 2.15. The van der Waals surface area contributed by atoms with Crippen LogP contribution in [-0.2, 0) is 6.42 Å². The second kappa shape index (κ2) is 8.13. The van der Waals surface area contributed by atoms with Crippen LogP contribution in [0.2, 0.25) is 0 Å². The highest BCUT2D eigenvalue weighted by molar-refractivity contribution is 5.82. The first-order valence-electron chi connectivity index (χ1n) is 8.98. The maximum Gasteiger partial charge on any atom is 0.101 e. The molecule has 1 aliphatic rings. The van der Waals surface area contributed by atoms with Crippen LogP contribution in [0.1, 0.15) is 25.3 Å². The molecule has 3 rings (SSSR count). The van der Waals surface area contributed by atoms with Gasteiger partial charge >= 0.3 is 0 Å². The molecule has 2 aromatic carbocycles. The quantitative estimate of drug-likeness (QED) is 0.886. The van der Waals surface area contributed by atoms with Crippen LogP contribution in [0.25, 0.3) is 11.1 Å². The van der Waals surface area contributed by atoms with Gasteiger partial charge in [-0.15, -0.1) is 0 Å². The molecule has 3 N–H and O–H groups in total. The Morgan fingerprint density at radius 2 is 1.84 bits per heavy atom. The predicted molar refractivity (Wildman–Crippen MR) is 107 cm³/mol. The average Bonchev–Trinajstić information content (AvgIpc) is 2.66. The molecule has 0 amide bonds. The number of amidine groups is 1. The van der Waals surface area contributed by atoms with Crippen molar-refractivity contribution in [3.8, 4) is 11.1 Å². The van der Waals surface area contributed by atoms with Gasteiger partial charge in [-0.3, -0.25) is 0 Å². The van der Waals surface area contributed by atoms with Crippen LogP contribution in [0, 0.1) is 5.92 Å². The number of rotatable bonds is 3. The first kappa shape index (κ1) is 17.4. The number of benzene rings is 2. The molecule has 2 aromatic rings. The van der Waals surface area contributed by atoms with Crippen molar-refractivity contribution in [1.29, 1.82) is 0 Å². The van der Waals surface area contributed by atoms with Crippen molar-refractivity contribution < 1.29 is 0 Å². The lowest BCUT2D eigenvalue weighted by Gasteiger charge is -2.26. The molecule has 0 bridgehead atoms. The van der Waals surface area contributed by atoms with E-state index in [1.54, 1.807) is 0 Å². The Bertz CT molecular complexity index is 762. The van der Waals surface area contributed by atoms with Gasteiger partial charge in [0.2, 0.25) is 0 Å². The monoisotopic (exact) mass is 333 g/mol. The van der Waals surface area contributed by atoms with E-state index >= 15 is 0 Å². The Morgan fingerprint density at radius 3 is 2.60 bits per heavy atom. The molecule has 2 atom stereocenters. The summed E-state index contributed by atoms with van der Waals surface area (Å²) in [6.07, 6.45) is 4.79. The summed E-state index contributed by atoms with van der Waals surface area (Å²) in [5.74, 6) is 1.34. The standard InChI is InChI=1S/C22H27N3/c1-16-15-25-22(24-2)12-11-21(23)20(16)14-17-7-6-10-19(13-17)18-8-4-3-5-9-18/h3-10,13,15,20-21H,11-12,14,23H2,1-2H3,(H,24,25)/b16-15-. The largest absolute Gasteiger partial charge is 0.377 e. The SMILES string of the molecule is CN/C1=N\C=C(\C)C(Cc2cccc(-c3ccccc3)c2)C(N)CC1. The molecule has 3 heteroatoms. The van der Waals surface area contributed by atoms with E-state index in [0.29, 0.717) is 5.92 Å². The maximum atomic E-state index is 6.53. The van der Waals surface area contributed by atoms with Crippen LogP contribution < -0.4 is 11.1 Å². The van der Waals surface area contributed by atoms with Crippen molar-refractivity contribution in [3.05, 3.63) is 71.9 Å². The fraction of sp³-hybridized carbons (Fsp3) is 0.318. The second-order valence-corrected chi connectivity index (χ2v) is 6.78. The van der Waals surface area contributed by atoms with Crippen LogP contribution in [0.15, 0.2) is 71.4 Å². The molecular weight excluding hydrogens is 306 g/mol. The van der Waals surface area contributed by atoms with Crippen LogP contribution in [-0.4, -0.2) is 18.9 Å². The van der Waals surface area contributed by atoms with Gasteiger partial charge < -0.3 is 11.1 Å². The van der Waals surface area contributed by atoms with E-state index in [-0.39, 0.29) is 6.04 Å². The van der Waals surface area contributed by atoms with Crippen molar-refractivity contribution in [2.75, 3.05) is 7.05 Å². The third kappa shape index (κ3) is 4.37. The summed E-state index contributed by atoms with van der Waals surface area (Å²) in [4.78, 5) is 4.56. The van der Waals surface area contributed by atoms with Crippen LogP contribution in [0.4, 0.5) is 0 Å². The molecular formula is C22H27N3. The zero-order valence-corrected chi connectivity index (χ0v) is 15.1. The summed E-state index contributed by atoms with van der Waals surface area (Å²) in [7, 11) is 1.92. The molecule has 0 saturated heterocycles. The zero-order chi connectivity index (χ0) is 17.6. The van der Waals surface area contributed by atoms with Crippen molar-refractivity contribution in [2.45, 2.75) is 32.2 Å². The van der Waals surface area contributed by atoms with Crippen molar-refractivity contribution in [3.63, 3.8) is 0 Å². The lowest BCUT2D eigenvalue weighted by atomic mass is 9.84. The minimum atomic E-state index is 0.149. The summed E-state index contributed by atoms with van der Waals surface area (Å²) >= 11 is 0. The van der Waals surface area contributed by atoms with E-state index in [2.05, 4.69) is 71.8 Å². The number of hydrogen-bond donors (Lipinski definition) is 2. The van der Waals surface area contributed by atoms with Gasteiger partial charge in [-0.25, -0.2) is 4.99 Å². The topological polar surface area (TPSA) is 50.4 Å². The van der Waals surface area contributed by atoms with Crippen molar-refractivity contribution in [1.82, 2.24) is 5.32 Å². The van der Waals surface area contributed by atoms with Crippen LogP contribution in [0.5, 0.6) is 0 Å². The third-order valence-corrected chi connectivity index (χ3v) is 5.02. The molecule has 0 spiro atoms. The molecule has 2 unspecified atom stereocenters. The minimum Gasteiger partial charge on any atom is -0.377 e. The van der Waals surface area contributed by atoms with E-state index in [1.165, 1.54) is 22.3 Å². The van der Waals surface area contributed by atoms with Gasteiger partial charge in [0, 0.05) is 31.6 Å². The number of nitrogens with two attached hydrogens (primary N) is 1. The smallest absolute Gasteiger partial charge is 0.101 e. The lowest BCUT2D eigenvalue weighted by Crippen LogP contribution is -2.35. The highest BCUT2D eigenvalue weighted by Gasteiger charge is 2.22. The van der Waals surface area contributed by atoms with Crippen LogP contribution >= 0.6 is 0 Å². The summed E-state index contributed by atoms with van der Waals surface area (Å²) in [6, 6.07) is 19.5. The van der Waals surface area contributed by atoms with E-state index in [1.807, 2.05) is 13.2 Å². The van der Waals surface area contributed by atoms with Crippen molar-refractivity contribution >= 4 is 5.84 Å². The molecule has 130 valence electrons. The molecule has 0 saturated carbocycles. The van der Waals surface area contributed by atoms with E-state index in [4.69, 9.17) is 5.73 Å². The maximum absolute atomic E-state index is 6.53. The second-order valence-electron chi connectivity index (χ2n) is 6.78. The Balaban J connectivity index is 1.83. The summed E-state index contributed by atoms with van der Waals surface area (Å²) in [5, 5.41) is 3.15. The van der Waals surface area contributed by atoms with Gasteiger partial charge in [-0.2, -0.15) is 0 Å². The highest BCUT2D eigenvalue weighted by Crippen LogP contribution is 2.26.